The Morgan fingerprint density at radius 1 is 0.438 bits per heavy atom. The van der Waals surface area contributed by atoms with Gasteiger partial charge in [-0.05, 0) is 95.4 Å². The van der Waals surface area contributed by atoms with E-state index in [-0.39, 0.29) is 0 Å². The summed E-state index contributed by atoms with van der Waals surface area (Å²) in [6.45, 7) is 7.19. The van der Waals surface area contributed by atoms with Gasteiger partial charge >= 0.3 is 0 Å². The van der Waals surface area contributed by atoms with Gasteiger partial charge in [0.25, 0.3) is 0 Å². The van der Waals surface area contributed by atoms with Crippen LogP contribution in [0.15, 0.2) is 209 Å². The van der Waals surface area contributed by atoms with E-state index in [1.165, 1.54) is 43.7 Å². The molecule has 1 aliphatic carbocycles. The summed E-state index contributed by atoms with van der Waals surface area (Å²) >= 11 is 0. The number of hydrogen-bond acceptors (Lipinski definition) is 4. The van der Waals surface area contributed by atoms with Crippen molar-refractivity contribution >= 4 is 102 Å². The first-order valence-electron chi connectivity index (χ1n) is 22.3. The van der Waals surface area contributed by atoms with Crippen LogP contribution in [0, 0.1) is 0 Å². The van der Waals surface area contributed by atoms with Crippen molar-refractivity contribution in [2.75, 3.05) is 9.80 Å². The number of anilines is 5. The number of allylic oxidation sites excluding steroid dienone is 1. The van der Waals surface area contributed by atoms with E-state index in [9.17, 15) is 0 Å². The normalized spacial score (nSPS) is 12.9. The summed E-state index contributed by atoms with van der Waals surface area (Å²) in [5.74, 6) is 0. The Hall–Kier alpha value is -7.60. The van der Waals surface area contributed by atoms with E-state index in [2.05, 4.69) is 224 Å². The first-order valence-corrected chi connectivity index (χ1v) is 25.8. The molecule has 0 spiro atoms. The summed E-state index contributed by atoms with van der Waals surface area (Å²) in [7, 11) is -1.46. The van der Waals surface area contributed by atoms with Gasteiger partial charge in [-0.15, -0.1) is 0 Å². The lowest BCUT2D eigenvalue weighted by Gasteiger charge is -2.32. The summed E-state index contributed by atoms with van der Waals surface area (Å²) in [5.41, 5.74) is 15.0. The van der Waals surface area contributed by atoms with Crippen molar-refractivity contribution < 1.29 is 8.83 Å². The third kappa shape index (κ3) is 6.26. The van der Waals surface area contributed by atoms with Gasteiger partial charge < -0.3 is 18.6 Å². The molecule has 11 aromatic rings. The lowest BCUT2D eigenvalue weighted by atomic mass is 9.87. The molecule has 64 heavy (non-hydrogen) atoms. The summed E-state index contributed by atoms with van der Waals surface area (Å²) in [4.78, 5) is 4.79. The van der Waals surface area contributed by atoms with Crippen LogP contribution < -0.4 is 15.0 Å². The van der Waals surface area contributed by atoms with Gasteiger partial charge in [0.05, 0.1) is 19.4 Å². The van der Waals surface area contributed by atoms with Gasteiger partial charge in [0.2, 0.25) is 0 Å². The van der Waals surface area contributed by atoms with Crippen molar-refractivity contribution in [3.05, 3.63) is 211 Å². The van der Waals surface area contributed by atoms with Crippen LogP contribution in [0.2, 0.25) is 19.6 Å². The van der Waals surface area contributed by atoms with Crippen LogP contribution in [-0.4, -0.2) is 8.07 Å². The van der Waals surface area contributed by atoms with Crippen molar-refractivity contribution in [2.24, 2.45) is 0 Å². The smallest absolute Gasteiger partial charge is 0.159 e. The molecule has 0 N–H and O–H groups in total. The van der Waals surface area contributed by atoms with E-state index in [0.29, 0.717) is 0 Å². The molecule has 9 aromatic carbocycles. The highest BCUT2D eigenvalue weighted by Gasteiger charge is 2.29. The highest BCUT2D eigenvalue weighted by molar-refractivity contribution is 6.88. The van der Waals surface area contributed by atoms with Gasteiger partial charge in [-0.1, -0.05) is 158 Å². The van der Waals surface area contributed by atoms with E-state index in [1.807, 2.05) is 6.07 Å². The average molecular weight is 843 g/mol. The average Bonchev–Trinajstić information content (AvgIpc) is 3.92. The molecule has 12 rings (SSSR count). The number of nitrogens with zero attached hydrogens (tertiary/aromatic N) is 2. The Bertz CT molecular complexity index is 3600. The molecule has 0 fully saturated rings. The van der Waals surface area contributed by atoms with Gasteiger partial charge in [0, 0.05) is 61.5 Å². The summed E-state index contributed by atoms with van der Waals surface area (Å²) in [5, 5.41) is 8.39. The molecule has 4 nitrogen and oxygen atoms in total. The lowest BCUT2D eigenvalue weighted by Crippen LogP contribution is -2.37. The first kappa shape index (κ1) is 38.1. The zero-order valence-electron chi connectivity index (χ0n) is 36.2. The predicted molar refractivity (Wildman–Crippen MR) is 273 cm³/mol. The minimum absolute atomic E-state index is 0.803. The molecule has 0 radical (unpaired) electrons. The quantitative estimate of drug-likeness (QED) is 0.143. The fourth-order valence-electron chi connectivity index (χ4n) is 10.0. The standard InChI is InChI=1S/C59H46N2O2Si/c1-64(2,3)44-33-29-41(30-34-44)60(40-19-8-5-9-20-40)43-32-36-51-56(38-43)63-59-50-35-31-42(37-52(50)46-22-10-11-24-48(46)57(51)59)61(53-26-14-12-21-45(53)39-17-6-4-7-18-39)54-27-16-25-49-47-23-13-15-28-55(47)62-58(49)54/h4-30,32-34,36-38H,31,35H2,1-3H3. The molecule has 0 saturated heterocycles. The molecule has 0 saturated carbocycles. The van der Waals surface area contributed by atoms with Gasteiger partial charge in [-0.25, -0.2) is 0 Å². The monoisotopic (exact) mass is 842 g/mol. The number of aryl methyl sites for hydroxylation is 1. The van der Waals surface area contributed by atoms with Crippen molar-refractivity contribution in [3.8, 4) is 11.1 Å². The van der Waals surface area contributed by atoms with Crippen LogP contribution in [0.3, 0.4) is 0 Å². The van der Waals surface area contributed by atoms with Crippen molar-refractivity contribution in [1.29, 1.82) is 0 Å². The third-order valence-corrected chi connectivity index (χ3v) is 15.2. The van der Waals surface area contributed by atoms with Crippen molar-refractivity contribution in [1.82, 2.24) is 0 Å². The number of fused-ring (bicyclic) bond motifs is 11. The van der Waals surface area contributed by atoms with Crippen LogP contribution in [0.4, 0.5) is 28.4 Å². The van der Waals surface area contributed by atoms with E-state index in [1.54, 1.807) is 0 Å². The number of hydrogen-bond donors (Lipinski definition) is 0. The molecule has 0 bridgehead atoms. The molecule has 2 aromatic heterocycles. The summed E-state index contributed by atoms with van der Waals surface area (Å²) in [6.07, 6.45) is 4.04. The predicted octanol–water partition coefficient (Wildman–Crippen LogP) is 16.4. The molecule has 0 amide bonds. The fourth-order valence-corrected chi connectivity index (χ4v) is 11.2. The van der Waals surface area contributed by atoms with E-state index < -0.39 is 8.07 Å². The second kappa shape index (κ2) is 15.0. The molecule has 1 aliphatic rings. The summed E-state index contributed by atoms with van der Waals surface area (Å²) in [6, 6.07) is 69.8. The second-order valence-electron chi connectivity index (χ2n) is 18.0. The van der Waals surface area contributed by atoms with Crippen LogP contribution >= 0.6 is 0 Å². The Balaban J connectivity index is 1.06. The minimum atomic E-state index is -1.46. The van der Waals surface area contributed by atoms with Crippen molar-refractivity contribution in [2.45, 2.75) is 32.5 Å². The zero-order chi connectivity index (χ0) is 42.9. The number of para-hydroxylation sites is 4. The maximum atomic E-state index is 7.14. The molecule has 5 heteroatoms. The van der Waals surface area contributed by atoms with Gasteiger partial charge in [-0.3, -0.25) is 0 Å². The Kier molecular flexibility index (Phi) is 8.95. The second-order valence-corrected chi connectivity index (χ2v) is 23.1. The molecular weight excluding hydrogens is 797 g/mol. The fraction of sp³-hybridized carbons (Fsp3) is 0.0847. The molecule has 2 heterocycles. The minimum Gasteiger partial charge on any atom is -0.456 e. The maximum Gasteiger partial charge on any atom is 0.159 e. The maximum absolute atomic E-state index is 7.14. The van der Waals surface area contributed by atoms with Gasteiger partial charge in [-0.2, -0.15) is 0 Å². The largest absolute Gasteiger partial charge is 0.456 e. The van der Waals surface area contributed by atoms with Crippen LogP contribution in [-0.2, 0) is 6.42 Å². The van der Waals surface area contributed by atoms with Crippen LogP contribution in [0.5, 0.6) is 0 Å². The third-order valence-electron chi connectivity index (χ3n) is 13.1. The highest BCUT2D eigenvalue weighted by Crippen LogP contribution is 2.49. The van der Waals surface area contributed by atoms with Crippen molar-refractivity contribution in [3.63, 3.8) is 0 Å². The Morgan fingerprint density at radius 2 is 1.06 bits per heavy atom. The summed E-state index contributed by atoms with van der Waals surface area (Å²) < 4.78 is 13.9. The topological polar surface area (TPSA) is 32.8 Å². The van der Waals surface area contributed by atoms with Crippen LogP contribution in [0.1, 0.15) is 17.5 Å². The SMILES string of the molecule is C[Si](C)(C)c1ccc(N(c2ccccc2)c2ccc3c(c2)oc2c4c(c5ccccc5c23)C=C(N(c2ccccc2-c2ccccc2)c2cccc3c2oc2ccccc23)CC4)cc1. The number of benzene rings is 9. The number of rotatable bonds is 8. The van der Waals surface area contributed by atoms with Gasteiger partial charge in [0.15, 0.2) is 5.58 Å². The first-order chi connectivity index (χ1) is 31.4. The Morgan fingerprint density at radius 3 is 1.86 bits per heavy atom. The highest BCUT2D eigenvalue weighted by atomic mass is 28.3. The molecule has 0 unspecified atom stereocenters. The van der Waals surface area contributed by atoms with Crippen LogP contribution in [0.25, 0.3) is 71.9 Å². The number of furan rings is 2. The van der Waals surface area contributed by atoms with E-state index >= 15 is 0 Å². The molecule has 308 valence electrons. The molecule has 0 aliphatic heterocycles. The zero-order valence-corrected chi connectivity index (χ0v) is 37.2. The van der Waals surface area contributed by atoms with E-state index in [4.69, 9.17) is 8.83 Å². The molecule has 0 atom stereocenters. The Labute approximate surface area is 373 Å². The lowest BCUT2D eigenvalue weighted by molar-refractivity contribution is 0.660. The molecular formula is C59H46N2O2Si. The van der Waals surface area contributed by atoms with Gasteiger partial charge in [0.1, 0.15) is 16.7 Å². The van der Waals surface area contributed by atoms with E-state index in [0.717, 1.165) is 85.3 Å².